The average molecular weight is 360 g/mol. The lowest BCUT2D eigenvalue weighted by atomic mass is 10.1. The van der Waals surface area contributed by atoms with Crippen LogP contribution in [0.4, 0.5) is 0 Å². The van der Waals surface area contributed by atoms with E-state index in [9.17, 15) is 10.1 Å². The van der Waals surface area contributed by atoms with Crippen molar-refractivity contribution in [2.75, 3.05) is 0 Å². The van der Waals surface area contributed by atoms with E-state index in [0.29, 0.717) is 4.80 Å². The zero-order valence-corrected chi connectivity index (χ0v) is 14.9. The number of carbonyl (C=O) groups is 1. The quantitative estimate of drug-likeness (QED) is 0.440. The van der Waals surface area contributed by atoms with Crippen molar-refractivity contribution in [3.63, 3.8) is 0 Å². The fourth-order valence-electron chi connectivity index (χ4n) is 2.39. The maximum absolute atomic E-state index is 12.3. The number of aryl methyl sites for hydroxylation is 1. The number of nitrogens with one attached hydrogen (secondary N) is 1. The Labute approximate surface area is 155 Å². The van der Waals surface area contributed by atoms with Crippen LogP contribution in [0.25, 0.3) is 11.8 Å². The minimum atomic E-state index is -0.540. The first kappa shape index (κ1) is 17.4. The standard InChI is InChI=1S/C20H16N4OS/c1-15-14-26-20(24(15)18-10-6-3-7-11-18)23-22-19(25)17(13-21)12-16-8-4-2-5-9-16/h2-12,14H,1H3,(H,22,25)/b17-12+,23-20+. The molecule has 0 unspecified atom stereocenters. The predicted octanol–water partition coefficient (Wildman–Crippen LogP) is 3.39. The van der Waals surface area contributed by atoms with Crippen LogP contribution < -0.4 is 10.2 Å². The fourth-order valence-corrected chi connectivity index (χ4v) is 3.22. The zero-order valence-electron chi connectivity index (χ0n) is 14.1. The lowest BCUT2D eigenvalue weighted by molar-refractivity contribution is -0.117. The van der Waals surface area contributed by atoms with E-state index < -0.39 is 5.91 Å². The first-order valence-electron chi connectivity index (χ1n) is 7.92. The Morgan fingerprint density at radius 1 is 1.15 bits per heavy atom. The number of carbonyl (C=O) groups excluding carboxylic acids is 1. The second-order valence-electron chi connectivity index (χ2n) is 5.46. The summed E-state index contributed by atoms with van der Waals surface area (Å²) in [6.45, 7) is 1.97. The van der Waals surface area contributed by atoms with Crippen LogP contribution in [0.1, 0.15) is 11.3 Å². The highest BCUT2D eigenvalue weighted by atomic mass is 32.1. The van der Waals surface area contributed by atoms with Crippen molar-refractivity contribution < 1.29 is 4.79 Å². The molecule has 1 amide bonds. The van der Waals surface area contributed by atoms with E-state index in [1.165, 1.54) is 17.4 Å². The molecule has 1 heterocycles. The van der Waals surface area contributed by atoms with Crippen LogP contribution in [0, 0.1) is 18.3 Å². The van der Waals surface area contributed by atoms with Gasteiger partial charge in [0.25, 0.3) is 5.91 Å². The molecule has 0 bridgehead atoms. The summed E-state index contributed by atoms with van der Waals surface area (Å²) in [7, 11) is 0. The molecule has 0 saturated heterocycles. The van der Waals surface area contributed by atoms with Crippen molar-refractivity contribution in [1.29, 1.82) is 5.26 Å². The number of hydrogen-bond acceptors (Lipinski definition) is 4. The lowest BCUT2D eigenvalue weighted by Gasteiger charge is -2.05. The predicted molar refractivity (Wildman–Crippen MR) is 102 cm³/mol. The van der Waals surface area contributed by atoms with Gasteiger partial charge in [-0.1, -0.05) is 48.5 Å². The van der Waals surface area contributed by atoms with Crippen LogP contribution in [-0.2, 0) is 4.79 Å². The van der Waals surface area contributed by atoms with Crippen molar-refractivity contribution in [2.24, 2.45) is 5.10 Å². The average Bonchev–Trinajstić information content (AvgIpc) is 3.06. The fraction of sp³-hybridized carbons (Fsp3) is 0.0500. The van der Waals surface area contributed by atoms with E-state index in [1.807, 2.05) is 83.6 Å². The third-order valence-corrected chi connectivity index (χ3v) is 4.57. The Balaban J connectivity index is 1.88. The molecule has 0 fully saturated rings. The Kier molecular flexibility index (Phi) is 5.42. The van der Waals surface area contributed by atoms with E-state index in [0.717, 1.165) is 16.9 Å². The molecule has 0 aliphatic rings. The maximum Gasteiger partial charge on any atom is 0.282 e. The molecule has 26 heavy (non-hydrogen) atoms. The normalized spacial score (nSPS) is 11.8. The Morgan fingerprint density at radius 2 is 1.81 bits per heavy atom. The highest BCUT2D eigenvalue weighted by Crippen LogP contribution is 2.10. The van der Waals surface area contributed by atoms with Gasteiger partial charge in [-0.2, -0.15) is 5.26 Å². The molecular weight excluding hydrogens is 344 g/mol. The van der Waals surface area contributed by atoms with Gasteiger partial charge in [0.15, 0.2) is 0 Å². The van der Waals surface area contributed by atoms with Crippen molar-refractivity contribution >= 4 is 23.3 Å². The van der Waals surface area contributed by atoms with Crippen LogP contribution in [0.3, 0.4) is 0 Å². The Hall–Kier alpha value is -3.43. The number of nitrogens with zero attached hydrogens (tertiary/aromatic N) is 3. The van der Waals surface area contributed by atoms with Crippen LogP contribution in [0.15, 0.2) is 76.7 Å². The van der Waals surface area contributed by atoms with Gasteiger partial charge in [-0.05, 0) is 30.7 Å². The van der Waals surface area contributed by atoms with E-state index >= 15 is 0 Å². The van der Waals surface area contributed by atoms with Crippen LogP contribution in [-0.4, -0.2) is 10.5 Å². The van der Waals surface area contributed by atoms with E-state index in [2.05, 4.69) is 10.5 Å². The Bertz CT molecular complexity index is 1040. The molecule has 0 aliphatic carbocycles. The molecule has 3 aromatic rings. The number of benzene rings is 2. The summed E-state index contributed by atoms with van der Waals surface area (Å²) < 4.78 is 1.94. The number of para-hydroxylation sites is 1. The van der Waals surface area contributed by atoms with Gasteiger partial charge < -0.3 is 0 Å². The molecular formula is C20H16N4OS. The number of thiazole rings is 1. The first-order chi connectivity index (χ1) is 12.7. The molecule has 1 aromatic heterocycles. The second-order valence-corrected chi connectivity index (χ2v) is 6.30. The second kappa shape index (κ2) is 8.10. The summed E-state index contributed by atoms with van der Waals surface area (Å²) >= 11 is 1.42. The number of rotatable bonds is 4. The monoisotopic (exact) mass is 360 g/mol. The molecule has 2 aromatic carbocycles. The van der Waals surface area contributed by atoms with Gasteiger partial charge in [-0.25, -0.2) is 5.43 Å². The van der Waals surface area contributed by atoms with Crippen molar-refractivity contribution in [3.05, 3.63) is 87.7 Å². The lowest BCUT2D eigenvalue weighted by Crippen LogP contribution is -2.25. The third kappa shape index (κ3) is 3.97. The van der Waals surface area contributed by atoms with Crippen LogP contribution in [0.5, 0.6) is 0 Å². The minimum absolute atomic E-state index is 0.000473. The summed E-state index contributed by atoms with van der Waals surface area (Å²) in [6.07, 6.45) is 1.54. The van der Waals surface area contributed by atoms with Crippen molar-refractivity contribution in [2.45, 2.75) is 6.92 Å². The van der Waals surface area contributed by atoms with Gasteiger partial charge >= 0.3 is 0 Å². The Morgan fingerprint density at radius 3 is 2.46 bits per heavy atom. The highest BCUT2D eigenvalue weighted by Gasteiger charge is 2.09. The smallest absolute Gasteiger partial charge is 0.282 e. The number of nitriles is 1. The van der Waals surface area contributed by atoms with E-state index in [-0.39, 0.29) is 5.57 Å². The molecule has 128 valence electrons. The topological polar surface area (TPSA) is 70.2 Å². The first-order valence-corrected chi connectivity index (χ1v) is 8.80. The van der Waals surface area contributed by atoms with E-state index in [1.54, 1.807) is 0 Å². The molecule has 0 atom stereocenters. The molecule has 1 N–H and O–H groups in total. The van der Waals surface area contributed by atoms with Crippen molar-refractivity contribution in [1.82, 2.24) is 9.99 Å². The SMILES string of the molecule is Cc1cs/c(=N/NC(=O)/C(C#N)=C/c2ccccc2)n1-c1ccccc1. The summed E-state index contributed by atoms with van der Waals surface area (Å²) in [5, 5.41) is 15.4. The van der Waals surface area contributed by atoms with Gasteiger partial charge in [-0.15, -0.1) is 16.4 Å². The summed E-state index contributed by atoms with van der Waals surface area (Å²) in [5.74, 6) is -0.540. The number of amides is 1. The van der Waals surface area contributed by atoms with Gasteiger partial charge in [0.2, 0.25) is 4.80 Å². The summed E-state index contributed by atoms with van der Waals surface area (Å²) in [6, 6.07) is 20.9. The van der Waals surface area contributed by atoms with Crippen molar-refractivity contribution in [3.8, 4) is 11.8 Å². The maximum atomic E-state index is 12.3. The van der Waals surface area contributed by atoms with Gasteiger partial charge in [0, 0.05) is 16.8 Å². The molecule has 0 spiro atoms. The highest BCUT2D eigenvalue weighted by molar-refractivity contribution is 7.07. The molecule has 0 saturated carbocycles. The zero-order chi connectivity index (χ0) is 18.4. The third-order valence-electron chi connectivity index (χ3n) is 3.62. The largest absolute Gasteiger partial charge is 0.288 e. The van der Waals surface area contributed by atoms with Gasteiger partial charge in [0.05, 0.1) is 0 Å². The number of hydrogen-bond donors (Lipinski definition) is 1. The number of aromatic nitrogens is 1. The molecule has 0 aliphatic heterocycles. The minimum Gasteiger partial charge on any atom is -0.288 e. The summed E-state index contributed by atoms with van der Waals surface area (Å²) in [5.41, 5.74) is 5.23. The van der Waals surface area contributed by atoms with Gasteiger partial charge in [-0.3, -0.25) is 9.36 Å². The van der Waals surface area contributed by atoms with E-state index in [4.69, 9.17) is 0 Å². The summed E-state index contributed by atoms with van der Waals surface area (Å²) in [4.78, 5) is 12.9. The van der Waals surface area contributed by atoms with Crippen LogP contribution in [0.2, 0.25) is 0 Å². The molecule has 3 rings (SSSR count). The van der Waals surface area contributed by atoms with Gasteiger partial charge in [0.1, 0.15) is 11.6 Å². The van der Waals surface area contributed by atoms with Crippen LogP contribution >= 0.6 is 11.3 Å². The molecule has 0 radical (unpaired) electrons. The molecule has 5 nitrogen and oxygen atoms in total. The molecule has 6 heteroatoms.